The predicted molar refractivity (Wildman–Crippen MR) is 58.4 cm³/mol. The summed E-state index contributed by atoms with van der Waals surface area (Å²) in [5.41, 5.74) is 0.532. The maximum Gasteiger partial charge on any atom is 0.166 e. The fourth-order valence-electron chi connectivity index (χ4n) is 1.08. The first-order valence-corrected chi connectivity index (χ1v) is 4.92. The smallest absolute Gasteiger partial charge is 0.166 e. The van der Waals surface area contributed by atoms with E-state index in [1.807, 2.05) is 7.05 Å². The Morgan fingerprint density at radius 2 is 2.40 bits per heavy atom. The molecule has 0 aliphatic heterocycles. The van der Waals surface area contributed by atoms with Gasteiger partial charge in [0.25, 0.3) is 0 Å². The molecule has 0 aromatic carbocycles. The molecule has 0 spiro atoms. The lowest BCUT2D eigenvalue weighted by Gasteiger charge is -2.14. The molecule has 0 bridgehead atoms. The van der Waals surface area contributed by atoms with Crippen LogP contribution in [0.4, 0.5) is 5.82 Å². The van der Waals surface area contributed by atoms with Crippen LogP contribution in [0, 0.1) is 11.3 Å². The Morgan fingerprint density at radius 3 is 3.07 bits per heavy atom. The minimum Gasteiger partial charge on any atom is -0.366 e. The summed E-state index contributed by atoms with van der Waals surface area (Å²) in [6.45, 7) is 4.78. The van der Waals surface area contributed by atoms with Gasteiger partial charge < -0.3 is 10.2 Å². The highest BCUT2D eigenvalue weighted by molar-refractivity contribution is 5.49. The Labute approximate surface area is 89.7 Å². The number of nitrogens with one attached hydrogen (secondary N) is 1. The van der Waals surface area contributed by atoms with E-state index in [4.69, 9.17) is 5.26 Å². The van der Waals surface area contributed by atoms with Gasteiger partial charge >= 0.3 is 0 Å². The zero-order valence-corrected chi connectivity index (χ0v) is 9.06. The molecule has 0 radical (unpaired) electrons. The summed E-state index contributed by atoms with van der Waals surface area (Å²) >= 11 is 0. The molecule has 0 aliphatic rings. The van der Waals surface area contributed by atoms with Crippen molar-refractivity contribution in [2.45, 2.75) is 6.92 Å². The second-order valence-electron chi connectivity index (χ2n) is 3.23. The van der Waals surface area contributed by atoms with Gasteiger partial charge in [-0.2, -0.15) is 10.4 Å². The van der Waals surface area contributed by atoms with Crippen LogP contribution in [-0.2, 0) is 0 Å². The van der Waals surface area contributed by atoms with E-state index in [1.165, 1.54) is 6.20 Å². The van der Waals surface area contributed by atoms with Crippen molar-refractivity contribution in [2.75, 3.05) is 32.0 Å². The van der Waals surface area contributed by atoms with Gasteiger partial charge in [-0.1, -0.05) is 6.92 Å². The van der Waals surface area contributed by atoms with Gasteiger partial charge in [-0.3, -0.25) is 0 Å². The Morgan fingerprint density at radius 1 is 1.60 bits per heavy atom. The second-order valence-corrected chi connectivity index (χ2v) is 3.23. The molecule has 0 saturated heterocycles. The zero-order valence-electron chi connectivity index (χ0n) is 9.06. The van der Waals surface area contributed by atoms with Gasteiger partial charge in [-0.15, -0.1) is 5.10 Å². The van der Waals surface area contributed by atoms with E-state index < -0.39 is 0 Å². The van der Waals surface area contributed by atoms with Crippen LogP contribution in [0.15, 0.2) is 12.3 Å². The topological polar surface area (TPSA) is 64.8 Å². The van der Waals surface area contributed by atoms with Crippen molar-refractivity contribution in [3.05, 3.63) is 17.8 Å². The third kappa shape index (κ3) is 3.52. The van der Waals surface area contributed by atoms with E-state index in [1.54, 1.807) is 6.07 Å². The van der Waals surface area contributed by atoms with E-state index in [9.17, 15) is 0 Å². The Bertz CT molecular complexity index is 344. The van der Waals surface area contributed by atoms with Crippen LogP contribution in [-0.4, -0.2) is 41.8 Å². The fourth-order valence-corrected chi connectivity index (χ4v) is 1.08. The molecule has 0 unspecified atom stereocenters. The van der Waals surface area contributed by atoms with Gasteiger partial charge in [0, 0.05) is 13.1 Å². The summed E-state index contributed by atoms with van der Waals surface area (Å²) in [4.78, 5) is 2.18. The van der Waals surface area contributed by atoms with Crippen LogP contribution < -0.4 is 5.32 Å². The molecule has 0 saturated carbocycles. The lowest BCUT2D eigenvalue weighted by Crippen LogP contribution is -2.25. The SMILES string of the molecule is CCN(C)CCNc1nnccc1C#N. The van der Waals surface area contributed by atoms with Crippen molar-refractivity contribution < 1.29 is 0 Å². The number of likely N-dealkylation sites (N-methyl/N-ethyl adjacent to an activating group) is 1. The number of aromatic nitrogens is 2. The van der Waals surface area contributed by atoms with E-state index in [0.717, 1.165) is 19.6 Å². The van der Waals surface area contributed by atoms with Gasteiger partial charge in [0.1, 0.15) is 6.07 Å². The van der Waals surface area contributed by atoms with Crippen molar-refractivity contribution in [1.29, 1.82) is 5.26 Å². The Balaban J connectivity index is 2.47. The Hall–Kier alpha value is -1.67. The van der Waals surface area contributed by atoms with E-state index in [0.29, 0.717) is 11.4 Å². The average Bonchev–Trinajstić information content (AvgIpc) is 2.29. The van der Waals surface area contributed by atoms with Crippen LogP contribution in [0.25, 0.3) is 0 Å². The van der Waals surface area contributed by atoms with Crippen molar-refractivity contribution in [1.82, 2.24) is 15.1 Å². The Kier molecular flexibility index (Phi) is 4.51. The third-order valence-electron chi connectivity index (χ3n) is 2.17. The van der Waals surface area contributed by atoms with Crippen LogP contribution in [0.5, 0.6) is 0 Å². The van der Waals surface area contributed by atoms with Gasteiger partial charge in [-0.05, 0) is 19.7 Å². The maximum absolute atomic E-state index is 8.80. The normalized spacial score (nSPS) is 10.0. The molecule has 80 valence electrons. The highest BCUT2D eigenvalue weighted by Crippen LogP contribution is 2.07. The first kappa shape index (κ1) is 11.4. The van der Waals surface area contributed by atoms with E-state index in [-0.39, 0.29) is 0 Å². The quantitative estimate of drug-likeness (QED) is 0.767. The summed E-state index contributed by atoms with van der Waals surface area (Å²) in [7, 11) is 2.05. The molecule has 1 aromatic rings. The zero-order chi connectivity index (χ0) is 11.1. The summed E-state index contributed by atoms with van der Waals surface area (Å²) in [5.74, 6) is 0.560. The fraction of sp³-hybridized carbons (Fsp3) is 0.500. The van der Waals surface area contributed by atoms with Crippen LogP contribution in [0.1, 0.15) is 12.5 Å². The number of anilines is 1. The largest absolute Gasteiger partial charge is 0.366 e. The van der Waals surface area contributed by atoms with E-state index >= 15 is 0 Å². The van der Waals surface area contributed by atoms with Gasteiger partial charge in [0.05, 0.1) is 11.8 Å². The van der Waals surface area contributed by atoms with Crippen molar-refractivity contribution in [3.63, 3.8) is 0 Å². The lowest BCUT2D eigenvalue weighted by molar-refractivity contribution is 0.367. The van der Waals surface area contributed by atoms with E-state index in [2.05, 4.69) is 33.4 Å². The maximum atomic E-state index is 8.80. The minimum atomic E-state index is 0.532. The monoisotopic (exact) mass is 205 g/mol. The van der Waals surface area contributed by atoms with Gasteiger partial charge in [0.2, 0.25) is 0 Å². The number of nitriles is 1. The van der Waals surface area contributed by atoms with Crippen molar-refractivity contribution >= 4 is 5.82 Å². The first-order valence-electron chi connectivity index (χ1n) is 4.92. The highest BCUT2D eigenvalue weighted by atomic mass is 15.2. The molecule has 0 aliphatic carbocycles. The standard InChI is InChI=1S/C10H15N5/c1-3-15(2)7-6-12-10-9(8-11)4-5-13-14-10/h4-5H,3,6-7H2,1-2H3,(H,12,14). The van der Waals surface area contributed by atoms with Crippen molar-refractivity contribution in [3.8, 4) is 6.07 Å². The average molecular weight is 205 g/mol. The summed E-state index contributed by atoms with van der Waals surface area (Å²) in [5, 5.41) is 19.5. The molecule has 0 fully saturated rings. The molecule has 15 heavy (non-hydrogen) atoms. The summed E-state index contributed by atoms with van der Waals surface area (Å²) < 4.78 is 0. The minimum absolute atomic E-state index is 0.532. The molecule has 5 nitrogen and oxygen atoms in total. The number of rotatable bonds is 5. The second kappa shape index (κ2) is 5.94. The first-order chi connectivity index (χ1) is 7.27. The highest BCUT2D eigenvalue weighted by Gasteiger charge is 2.02. The molecule has 5 heteroatoms. The molecular weight excluding hydrogens is 190 g/mol. The lowest BCUT2D eigenvalue weighted by atomic mass is 10.3. The number of hydrogen-bond donors (Lipinski definition) is 1. The van der Waals surface area contributed by atoms with Crippen LogP contribution >= 0.6 is 0 Å². The molecule has 0 atom stereocenters. The van der Waals surface area contributed by atoms with Gasteiger partial charge in [0.15, 0.2) is 5.82 Å². The van der Waals surface area contributed by atoms with Crippen LogP contribution in [0.2, 0.25) is 0 Å². The molecule has 1 heterocycles. The molecule has 1 N–H and O–H groups in total. The van der Waals surface area contributed by atoms with Crippen molar-refractivity contribution in [2.24, 2.45) is 0 Å². The number of nitrogens with zero attached hydrogens (tertiary/aromatic N) is 4. The molecule has 0 amide bonds. The summed E-state index contributed by atoms with van der Waals surface area (Å²) in [6, 6.07) is 3.72. The third-order valence-corrected chi connectivity index (χ3v) is 2.17. The van der Waals surface area contributed by atoms with Crippen LogP contribution in [0.3, 0.4) is 0 Å². The molecule has 1 rings (SSSR count). The summed E-state index contributed by atoms with van der Waals surface area (Å²) in [6.07, 6.45) is 1.52. The molecule has 1 aromatic heterocycles. The van der Waals surface area contributed by atoms with Gasteiger partial charge in [-0.25, -0.2) is 0 Å². The molecular formula is C10H15N5. The predicted octanol–water partition coefficient (Wildman–Crippen LogP) is 0.712. The number of hydrogen-bond acceptors (Lipinski definition) is 5.